The number of nitrogens with zero attached hydrogens (tertiary/aromatic N) is 2. The average Bonchev–Trinajstić information content (AvgIpc) is 2.35. The van der Waals surface area contributed by atoms with Crippen LogP contribution in [0.25, 0.3) is 0 Å². The molecule has 3 rings (SSSR count). The molecule has 100 valence electrons. The number of likely N-dealkylation sites (tertiary alicyclic amines) is 1. The molecule has 0 aliphatic carbocycles. The maximum atomic E-state index is 12.1. The van der Waals surface area contributed by atoms with Crippen LogP contribution in [-0.4, -0.2) is 47.9 Å². The number of hydrogen-bond donors (Lipinski definition) is 0. The van der Waals surface area contributed by atoms with E-state index in [0.717, 1.165) is 32.4 Å². The summed E-state index contributed by atoms with van der Waals surface area (Å²) in [5.41, 5.74) is 0. The third-order valence-corrected chi connectivity index (χ3v) is 5.23. The lowest BCUT2D eigenvalue weighted by molar-refractivity contribution is -0.146. The monoisotopic (exact) mass is 248 g/mol. The number of carbonyl (C=O) groups is 1. The van der Waals surface area contributed by atoms with Crippen molar-refractivity contribution in [3.8, 4) is 0 Å². The molecule has 0 unspecified atom stereocenters. The van der Waals surface area contributed by atoms with E-state index in [-0.39, 0.29) is 0 Å². The van der Waals surface area contributed by atoms with Crippen LogP contribution < -0.4 is 0 Å². The van der Waals surface area contributed by atoms with Crippen LogP contribution in [-0.2, 0) is 4.79 Å². The van der Waals surface area contributed by atoms with Crippen LogP contribution in [0.3, 0.4) is 0 Å². The second kappa shape index (κ2) is 4.69. The van der Waals surface area contributed by atoms with Crippen molar-refractivity contribution < 1.29 is 4.79 Å². The number of amides is 1. The summed E-state index contributed by atoms with van der Waals surface area (Å²) in [6, 6.07) is 1.13. The SMILES string of the molecule is C=CC[C@H]1[C@H]2C[C@@H](CN1C)[C@H]1CCCC(=O)N1C2. The molecule has 3 heterocycles. The first-order valence-electron chi connectivity index (χ1n) is 7.31. The van der Waals surface area contributed by atoms with E-state index in [1.54, 1.807) is 0 Å². The minimum atomic E-state index is 0.405. The fraction of sp³-hybridized carbons (Fsp3) is 0.800. The second-order valence-corrected chi connectivity index (χ2v) is 6.29. The van der Waals surface area contributed by atoms with Crippen molar-refractivity contribution >= 4 is 5.91 Å². The summed E-state index contributed by atoms with van der Waals surface area (Å²) in [5, 5.41) is 0. The zero-order valence-corrected chi connectivity index (χ0v) is 11.3. The van der Waals surface area contributed by atoms with Gasteiger partial charge in [-0.2, -0.15) is 0 Å². The molecule has 3 heteroatoms. The molecule has 0 N–H and O–H groups in total. The molecular formula is C15H24N2O. The molecule has 18 heavy (non-hydrogen) atoms. The third-order valence-electron chi connectivity index (χ3n) is 5.23. The van der Waals surface area contributed by atoms with Crippen LogP contribution in [0.5, 0.6) is 0 Å². The molecule has 3 saturated heterocycles. The van der Waals surface area contributed by atoms with Gasteiger partial charge in [0.15, 0.2) is 0 Å². The molecule has 0 saturated carbocycles. The van der Waals surface area contributed by atoms with E-state index in [1.807, 2.05) is 6.08 Å². The van der Waals surface area contributed by atoms with Crippen molar-refractivity contribution in [2.45, 2.75) is 44.2 Å². The Labute approximate surface area is 110 Å². The van der Waals surface area contributed by atoms with Crippen molar-refractivity contribution in [2.24, 2.45) is 11.8 Å². The van der Waals surface area contributed by atoms with E-state index in [1.165, 1.54) is 12.8 Å². The summed E-state index contributed by atoms with van der Waals surface area (Å²) in [6.07, 6.45) is 7.51. The summed E-state index contributed by atoms with van der Waals surface area (Å²) in [5.74, 6) is 1.77. The molecule has 4 atom stereocenters. The van der Waals surface area contributed by atoms with Crippen molar-refractivity contribution in [3.05, 3.63) is 12.7 Å². The lowest BCUT2D eigenvalue weighted by Gasteiger charge is -2.55. The summed E-state index contributed by atoms with van der Waals surface area (Å²) in [6.45, 7) is 6.03. The maximum absolute atomic E-state index is 12.1. The van der Waals surface area contributed by atoms with Crippen molar-refractivity contribution in [1.29, 1.82) is 0 Å². The lowest BCUT2D eigenvalue weighted by Crippen LogP contribution is -2.62. The molecular weight excluding hydrogens is 224 g/mol. The van der Waals surface area contributed by atoms with Crippen molar-refractivity contribution in [1.82, 2.24) is 9.80 Å². The van der Waals surface area contributed by atoms with Crippen LogP contribution in [0.15, 0.2) is 12.7 Å². The van der Waals surface area contributed by atoms with Gasteiger partial charge in [0, 0.05) is 31.6 Å². The molecule has 0 spiro atoms. The molecule has 3 nitrogen and oxygen atoms in total. The predicted molar refractivity (Wildman–Crippen MR) is 72.2 cm³/mol. The average molecular weight is 248 g/mol. The molecule has 3 aliphatic rings. The highest BCUT2D eigenvalue weighted by molar-refractivity contribution is 5.77. The molecule has 0 radical (unpaired) electrons. The Kier molecular flexibility index (Phi) is 3.18. The fourth-order valence-electron chi connectivity index (χ4n) is 4.43. The van der Waals surface area contributed by atoms with Crippen molar-refractivity contribution in [3.63, 3.8) is 0 Å². The maximum Gasteiger partial charge on any atom is 0.222 e. The zero-order valence-electron chi connectivity index (χ0n) is 11.3. The Morgan fingerprint density at radius 1 is 1.39 bits per heavy atom. The van der Waals surface area contributed by atoms with Crippen LogP contribution in [0.4, 0.5) is 0 Å². The summed E-state index contributed by atoms with van der Waals surface area (Å²) in [7, 11) is 2.24. The van der Waals surface area contributed by atoms with E-state index < -0.39 is 0 Å². The van der Waals surface area contributed by atoms with E-state index in [2.05, 4.69) is 23.4 Å². The Bertz CT molecular complexity index is 352. The van der Waals surface area contributed by atoms with Gasteiger partial charge in [0.05, 0.1) is 0 Å². The van der Waals surface area contributed by atoms with Gasteiger partial charge in [-0.15, -0.1) is 6.58 Å². The Morgan fingerprint density at radius 3 is 3.00 bits per heavy atom. The molecule has 0 aromatic heterocycles. The van der Waals surface area contributed by atoms with Crippen LogP contribution >= 0.6 is 0 Å². The van der Waals surface area contributed by atoms with Gasteiger partial charge in [0.1, 0.15) is 0 Å². The van der Waals surface area contributed by atoms with Gasteiger partial charge in [0.2, 0.25) is 5.91 Å². The summed E-state index contributed by atoms with van der Waals surface area (Å²) >= 11 is 0. The molecule has 0 aromatic carbocycles. The van der Waals surface area contributed by atoms with Crippen LogP contribution in [0, 0.1) is 11.8 Å². The first-order chi connectivity index (χ1) is 8.70. The highest BCUT2D eigenvalue weighted by Gasteiger charge is 2.46. The van der Waals surface area contributed by atoms with Gasteiger partial charge in [-0.05, 0) is 44.6 Å². The Balaban J connectivity index is 1.81. The number of piperidine rings is 3. The number of carbonyl (C=O) groups excluding carboxylic acids is 1. The van der Waals surface area contributed by atoms with Gasteiger partial charge < -0.3 is 9.80 Å². The predicted octanol–water partition coefficient (Wildman–Crippen LogP) is 1.89. The molecule has 3 aliphatic heterocycles. The quantitative estimate of drug-likeness (QED) is 0.697. The minimum absolute atomic E-state index is 0.405. The van der Waals surface area contributed by atoms with Crippen molar-refractivity contribution in [2.75, 3.05) is 20.1 Å². The Morgan fingerprint density at radius 2 is 2.22 bits per heavy atom. The van der Waals surface area contributed by atoms with E-state index in [4.69, 9.17) is 0 Å². The van der Waals surface area contributed by atoms with E-state index in [0.29, 0.717) is 29.8 Å². The molecule has 0 aromatic rings. The van der Waals surface area contributed by atoms with Gasteiger partial charge in [-0.3, -0.25) is 4.79 Å². The Hall–Kier alpha value is -0.830. The van der Waals surface area contributed by atoms with Gasteiger partial charge >= 0.3 is 0 Å². The van der Waals surface area contributed by atoms with E-state index >= 15 is 0 Å². The van der Waals surface area contributed by atoms with E-state index in [9.17, 15) is 4.79 Å². The number of fused-ring (bicyclic) bond motifs is 4. The summed E-state index contributed by atoms with van der Waals surface area (Å²) in [4.78, 5) is 16.8. The fourth-order valence-corrected chi connectivity index (χ4v) is 4.43. The van der Waals surface area contributed by atoms with Crippen LogP contribution in [0.1, 0.15) is 32.1 Å². The first kappa shape index (κ1) is 12.2. The molecule has 3 fully saturated rings. The molecule has 2 bridgehead atoms. The van der Waals surface area contributed by atoms with Crippen LogP contribution in [0.2, 0.25) is 0 Å². The normalized spacial score (nSPS) is 40.5. The highest BCUT2D eigenvalue weighted by atomic mass is 16.2. The largest absolute Gasteiger partial charge is 0.339 e. The number of rotatable bonds is 2. The van der Waals surface area contributed by atoms with Gasteiger partial charge in [0.25, 0.3) is 0 Å². The first-order valence-corrected chi connectivity index (χ1v) is 7.31. The smallest absolute Gasteiger partial charge is 0.222 e. The minimum Gasteiger partial charge on any atom is -0.339 e. The summed E-state index contributed by atoms with van der Waals surface area (Å²) < 4.78 is 0. The van der Waals surface area contributed by atoms with Gasteiger partial charge in [-0.1, -0.05) is 6.08 Å². The lowest BCUT2D eigenvalue weighted by atomic mass is 9.72. The zero-order chi connectivity index (χ0) is 12.7. The standard InChI is InChI=1S/C15H24N2O/c1-3-5-13-12-8-11(9-16(13)2)14-6-4-7-15(18)17(14)10-12/h3,11-14H,1,4-10H2,2H3/t11-,12-,13-,14+/m0/s1. The highest BCUT2D eigenvalue weighted by Crippen LogP contribution is 2.40. The topological polar surface area (TPSA) is 23.6 Å². The number of hydrogen-bond acceptors (Lipinski definition) is 2. The third kappa shape index (κ3) is 1.89. The van der Waals surface area contributed by atoms with Gasteiger partial charge in [-0.25, -0.2) is 0 Å². The second-order valence-electron chi connectivity index (χ2n) is 6.29. The molecule has 1 amide bonds.